The van der Waals surface area contributed by atoms with Crippen molar-refractivity contribution in [2.75, 3.05) is 0 Å². The second-order valence-electron chi connectivity index (χ2n) is 4.69. The van der Waals surface area contributed by atoms with Gasteiger partial charge < -0.3 is 5.11 Å². The van der Waals surface area contributed by atoms with Crippen LogP contribution in [0.1, 0.15) is 5.69 Å². The third-order valence-corrected chi connectivity index (χ3v) is 4.22. The summed E-state index contributed by atoms with van der Waals surface area (Å²) in [5, 5.41) is 12.8. The second-order valence-corrected chi connectivity index (χ2v) is 5.55. The molecule has 0 unspecified atom stereocenters. The van der Waals surface area contributed by atoms with Crippen molar-refractivity contribution in [1.82, 2.24) is 14.5 Å². The van der Waals surface area contributed by atoms with Crippen LogP contribution in [0.3, 0.4) is 0 Å². The quantitative estimate of drug-likeness (QED) is 0.789. The molecule has 1 N–H and O–H groups in total. The summed E-state index contributed by atoms with van der Waals surface area (Å²) in [7, 11) is 1.55. The van der Waals surface area contributed by atoms with Gasteiger partial charge in [0.15, 0.2) is 0 Å². The van der Waals surface area contributed by atoms with Crippen molar-refractivity contribution in [1.29, 1.82) is 0 Å². The first-order valence-electron chi connectivity index (χ1n) is 6.34. The molecule has 3 rings (SSSR count). The minimum Gasteiger partial charge on any atom is -0.494 e. The molecule has 3 heterocycles. The van der Waals surface area contributed by atoms with Gasteiger partial charge in [-0.25, -0.2) is 4.98 Å². The van der Waals surface area contributed by atoms with Crippen molar-refractivity contribution in [3.8, 4) is 27.6 Å². The minimum absolute atomic E-state index is 0.0665. The van der Waals surface area contributed by atoms with Gasteiger partial charge in [0.1, 0.15) is 5.01 Å². The molecular weight excluding hydrogens is 286 g/mol. The van der Waals surface area contributed by atoms with Crippen LogP contribution in [0.25, 0.3) is 21.7 Å². The SMILES string of the molecule is Cc1csc(-c2cc(-c3ccncc3)c(O)n(C)c2=O)n1. The van der Waals surface area contributed by atoms with Crippen LogP contribution in [-0.2, 0) is 7.05 Å². The zero-order valence-electron chi connectivity index (χ0n) is 11.6. The predicted molar refractivity (Wildman–Crippen MR) is 82.4 cm³/mol. The van der Waals surface area contributed by atoms with E-state index in [4.69, 9.17) is 0 Å². The molecule has 0 fully saturated rings. The largest absolute Gasteiger partial charge is 0.494 e. The van der Waals surface area contributed by atoms with Gasteiger partial charge in [-0.15, -0.1) is 11.3 Å². The third kappa shape index (κ3) is 2.34. The van der Waals surface area contributed by atoms with Gasteiger partial charge in [-0.1, -0.05) is 0 Å². The maximum absolute atomic E-state index is 12.3. The Morgan fingerprint density at radius 2 is 1.95 bits per heavy atom. The molecule has 0 aliphatic heterocycles. The van der Waals surface area contributed by atoms with Crippen molar-refractivity contribution in [2.24, 2.45) is 7.05 Å². The van der Waals surface area contributed by atoms with E-state index in [1.165, 1.54) is 15.9 Å². The van der Waals surface area contributed by atoms with E-state index in [2.05, 4.69) is 9.97 Å². The van der Waals surface area contributed by atoms with Crippen LogP contribution >= 0.6 is 11.3 Å². The van der Waals surface area contributed by atoms with Crippen molar-refractivity contribution in [3.05, 3.63) is 52.0 Å². The Balaban J connectivity index is 2.28. The van der Waals surface area contributed by atoms with E-state index >= 15 is 0 Å². The van der Waals surface area contributed by atoms with Gasteiger partial charge in [0.05, 0.1) is 5.56 Å². The van der Waals surface area contributed by atoms with E-state index in [9.17, 15) is 9.90 Å². The first kappa shape index (κ1) is 13.5. The van der Waals surface area contributed by atoms with Gasteiger partial charge >= 0.3 is 0 Å². The van der Waals surface area contributed by atoms with E-state index < -0.39 is 0 Å². The number of thiazole rings is 1. The lowest BCUT2D eigenvalue weighted by Gasteiger charge is -2.10. The average molecular weight is 299 g/mol. The number of aryl methyl sites for hydroxylation is 1. The summed E-state index contributed by atoms with van der Waals surface area (Å²) in [5.74, 6) is -0.0665. The van der Waals surface area contributed by atoms with Crippen LogP contribution in [0.5, 0.6) is 5.88 Å². The summed E-state index contributed by atoms with van der Waals surface area (Å²) in [6, 6.07) is 5.26. The highest BCUT2D eigenvalue weighted by atomic mass is 32.1. The zero-order valence-corrected chi connectivity index (χ0v) is 12.4. The standard InChI is InChI=1S/C15H13N3O2S/c1-9-8-21-13(17-9)12-7-11(10-3-5-16-6-4-10)14(19)18(2)15(12)20/h3-8,19H,1-2H3. The summed E-state index contributed by atoms with van der Waals surface area (Å²) in [4.78, 5) is 20.7. The molecule has 6 heteroatoms. The summed E-state index contributed by atoms with van der Waals surface area (Å²) in [6.07, 6.45) is 3.29. The lowest BCUT2D eigenvalue weighted by Crippen LogP contribution is -2.19. The molecule has 3 aromatic heterocycles. The number of rotatable bonds is 2. The Kier molecular flexibility index (Phi) is 3.31. The fourth-order valence-electron chi connectivity index (χ4n) is 2.10. The molecule has 3 aromatic rings. The molecule has 106 valence electrons. The van der Waals surface area contributed by atoms with Crippen LogP contribution < -0.4 is 5.56 Å². The molecule has 0 saturated carbocycles. The number of nitrogens with zero attached hydrogens (tertiary/aromatic N) is 3. The zero-order chi connectivity index (χ0) is 15.0. The molecule has 0 spiro atoms. The smallest absolute Gasteiger partial charge is 0.263 e. The van der Waals surface area contributed by atoms with Gasteiger partial charge in [-0.05, 0) is 30.7 Å². The van der Waals surface area contributed by atoms with E-state index in [0.717, 1.165) is 11.3 Å². The molecule has 0 amide bonds. The van der Waals surface area contributed by atoms with Crippen LogP contribution in [0.4, 0.5) is 0 Å². The van der Waals surface area contributed by atoms with E-state index in [0.29, 0.717) is 16.1 Å². The lowest BCUT2D eigenvalue weighted by molar-refractivity contribution is 0.426. The minimum atomic E-state index is -0.264. The van der Waals surface area contributed by atoms with Gasteiger partial charge in [0.2, 0.25) is 5.88 Å². The second kappa shape index (κ2) is 5.14. The first-order chi connectivity index (χ1) is 10.1. The number of hydrogen-bond acceptors (Lipinski definition) is 5. The average Bonchev–Trinajstić information content (AvgIpc) is 2.92. The molecule has 0 aromatic carbocycles. The van der Waals surface area contributed by atoms with E-state index in [-0.39, 0.29) is 11.4 Å². The maximum atomic E-state index is 12.3. The number of hydrogen-bond donors (Lipinski definition) is 1. The lowest BCUT2D eigenvalue weighted by atomic mass is 10.1. The first-order valence-corrected chi connectivity index (χ1v) is 7.22. The van der Waals surface area contributed by atoms with Gasteiger partial charge in [0.25, 0.3) is 5.56 Å². The molecular formula is C15H13N3O2S. The van der Waals surface area contributed by atoms with Gasteiger partial charge in [-0.2, -0.15) is 0 Å². The molecule has 0 saturated heterocycles. The Hall–Kier alpha value is -2.47. The Morgan fingerprint density at radius 1 is 1.24 bits per heavy atom. The Morgan fingerprint density at radius 3 is 2.57 bits per heavy atom. The predicted octanol–water partition coefficient (Wildman–Crippen LogP) is 2.58. The summed E-state index contributed by atoms with van der Waals surface area (Å²) < 4.78 is 1.24. The van der Waals surface area contributed by atoms with Gasteiger partial charge in [0, 0.05) is 36.1 Å². The number of aromatic nitrogens is 3. The van der Waals surface area contributed by atoms with E-state index in [1.807, 2.05) is 12.3 Å². The molecule has 21 heavy (non-hydrogen) atoms. The van der Waals surface area contributed by atoms with Crippen molar-refractivity contribution in [2.45, 2.75) is 6.92 Å². The molecule has 0 bridgehead atoms. The van der Waals surface area contributed by atoms with E-state index in [1.54, 1.807) is 37.6 Å². The highest BCUT2D eigenvalue weighted by Crippen LogP contribution is 2.31. The third-order valence-electron chi connectivity index (χ3n) is 3.22. The van der Waals surface area contributed by atoms with Crippen molar-refractivity contribution in [3.63, 3.8) is 0 Å². The normalized spacial score (nSPS) is 10.8. The summed E-state index contributed by atoms with van der Waals surface area (Å²) in [5.41, 5.74) is 2.48. The highest BCUT2D eigenvalue weighted by molar-refractivity contribution is 7.13. The fourth-order valence-corrected chi connectivity index (χ4v) is 2.91. The monoisotopic (exact) mass is 299 g/mol. The topological polar surface area (TPSA) is 68.0 Å². The molecule has 5 nitrogen and oxygen atoms in total. The molecule has 0 atom stereocenters. The van der Waals surface area contributed by atoms with Crippen LogP contribution in [0.15, 0.2) is 40.8 Å². The Bertz CT molecular complexity index is 853. The number of pyridine rings is 2. The van der Waals surface area contributed by atoms with Crippen LogP contribution in [-0.4, -0.2) is 19.6 Å². The van der Waals surface area contributed by atoms with Gasteiger partial charge in [-0.3, -0.25) is 14.3 Å². The summed E-state index contributed by atoms with van der Waals surface area (Å²) in [6.45, 7) is 1.88. The van der Waals surface area contributed by atoms with Crippen LogP contribution in [0.2, 0.25) is 0 Å². The molecule has 0 radical (unpaired) electrons. The maximum Gasteiger partial charge on any atom is 0.263 e. The molecule has 0 aliphatic rings. The fraction of sp³-hybridized carbons (Fsp3) is 0.133. The van der Waals surface area contributed by atoms with Crippen molar-refractivity contribution < 1.29 is 5.11 Å². The Labute approximate surface area is 125 Å². The number of aromatic hydroxyl groups is 1. The molecule has 0 aliphatic carbocycles. The van der Waals surface area contributed by atoms with Crippen molar-refractivity contribution >= 4 is 11.3 Å². The summed E-state index contributed by atoms with van der Waals surface area (Å²) >= 11 is 1.42. The highest BCUT2D eigenvalue weighted by Gasteiger charge is 2.16. The van der Waals surface area contributed by atoms with Crippen LogP contribution in [0, 0.1) is 6.92 Å².